The third kappa shape index (κ3) is 1.00. The molecule has 1 rings (SSSR count). The Bertz CT molecular complexity index is 82.2. The maximum atomic E-state index is 3.97. The van der Waals surface area contributed by atoms with Crippen molar-refractivity contribution in [3.63, 3.8) is 0 Å². The number of rotatable bonds is 2. The Labute approximate surface area is 63.6 Å². The monoisotopic (exact) mass is 165 g/mol. The van der Waals surface area contributed by atoms with E-state index < -0.39 is 0 Å². The van der Waals surface area contributed by atoms with Gasteiger partial charge >= 0.3 is 0 Å². The van der Waals surface area contributed by atoms with Gasteiger partial charge in [-0.1, -0.05) is 0 Å². The average molecular weight is 165 g/mol. The van der Waals surface area contributed by atoms with Gasteiger partial charge in [0.25, 0.3) is 0 Å². The Balaban J connectivity index is 2.39. The van der Waals surface area contributed by atoms with Gasteiger partial charge < -0.3 is 0 Å². The third-order valence-electron chi connectivity index (χ3n) is 1.21. The van der Waals surface area contributed by atoms with Crippen molar-refractivity contribution in [3.8, 4) is 0 Å². The molecule has 0 aromatic rings. The fourth-order valence-electron chi connectivity index (χ4n) is 0.607. The Morgan fingerprint density at radius 1 is 1.50 bits per heavy atom. The van der Waals surface area contributed by atoms with E-state index in [0.29, 0.717) is 8.66 Å². The topological polar surface area (TPSA) is 0 Å². The van der Waals surface area contributed by atoms with Crippen molar-refractivity contribution in [1.82, 2.24) is 0 Å². The van der Waals surface area contributed by atoms with E-state index in [1.807, 2.05) is 35.3 Å². The van der Waals surface area contributed by atoms with Gasteiger partial charge in [-0.15, -0.1) is 35.3 Å². The van der Waals surface area contributed by atoms with Crippen LogP contribution in [0, 0.1) is 6.92 Å². The van der Waals surface area contributed by atoms with Crippen molar-refractivity contribution in [1.29, 1.82) is 0 Å². The lowest BCUT2D eigenvalue weighted by Gasteiger charge is -2.04. The molecular formula is C5H9S3. The summed E-state index contributed by atoms with van der Waals surface area (Å²) in [4.78, 5) is 0. The summed E-state index contributed by atoms with van der Waals surface area (Å²) in [5.41, 5.74) is 0. The van der Waals surface area contributed by atoms with Crippen molar-refractivity contribution >= 4 is 35.3 Å². The maximum Gasteiger partial charge on any atom is 0.118 e. The van der Waals surface area contributed by atoms with Crippen LogP contribution in [0.1, 0.15) is 0 Å². The van der Waals surface area contributed by atoms with Crippen molar-refractivity contribution in [2.24, 2.45) is 0 Å². The summed E-state index contributed by atoms with van der Waals surface area (Å²) in [6, 6.07) is 0. The summed E-state index contributed by atoms with van der Waals surface area (Å²) in [7, 11) is 0. The molecule has 0 aromatic heterocycles. The average Bonchev–Trinajstić information content (AvgIpc) is 2.43. The van der Waals surface area contributed by atoms with Gasteiger partial charge in [-0.25, -0.2) is 0 Å². The van der Waals surface area contributed by atoms with Crippen LogP contribution in [-0.4, -0.2) is 21.2 Å². The molecule has 0 aliphatic carbocycles. The van der Waals surface area contributed by atoms with Crippen LogP contribution in [0.3, 0.4) is 0 Å². The largest absolute Gasteiger partial charge is 0.136 e. The zero-order valence-electron chi connectivity index (χ0n) is 5.01. The van der Waals surface area contributed by atoms with Crippen LogP contribution >= 0.6 is 35.3 Å². The SMILES string of the molecule is [CH2]C1SC1(SC)SC. The summed E-state index contributed by atoms with van der Waals surface area (Å²) in [5.74, 6) is 0. The fraction of sp³-hybridized carbons (Fsp3) is 0.800. The van der Waals surface area contributed by atoms with E-state index in [1.165, 1.54) is 0 Å². The number of thioether (sulfide) groups is 3. The van der Waals surface area contributed by atoms with E-state index >= 15 is 0 Å². The molecule has 0 nitrogen and oxygen atoms in total. The smallest absolute Gasteiger partial charge is 0.118 e. The first kappa shape index (κ1) is 7.16. The zero-order chi connectivity index (χ0) is 6.20. The fourth-order valence-corrected chi connectivity index (χ4v) is 4.17. The van der Waals surface area contributed by atoms with Crippen molar-refractivity contribution < 1.29 is 0 Å². The summed E-state index contributed by atoms with van der Waals surface area (Å²) < 4.78 is 0.431. The van der Waals surface area contributed by atoms with Crippen LogP contribution < -0.4 is 0 Å². The lowest BCUT2D eigenvalue weighted by atomic mass is 10.6. The van der Waals surface area contributed by atoms with Gasteiger partial charge in [0.1, 0.15) is 3.41 Å². The van der Waals surface area contributed by atoms with Crippen LogP contribution in [0.2, 0.25) is 0 Å². The first-order valence-corrected chi connectivity index (χ1v) is 5.69. The molecule has 8 heavy (non-hydrogen) atoms. The lowest BCUT2D eigenvalue weighted by molar-refractivity contribution is 1.29. The second-order valence-corrected chi connectivity index (χ2v) is 5.95. The van der Waals surface area contributed by atoms with Gasteiger partial charge in [0.15, 0.2) is 0 Å². The lowest BCUT2D eigenvalue weighted by Crippen LogP contribution is -1.98. The van der Waals surface area contributed by atoms with Crippen LogP contribution in [0.5, 0.6) is 0 Å². The standard InChI is InChI=1S/C5H9S3/c1-4-5(6-2,7-3)8-4/h4H,1H2,2-3H3. The summed E-state index contributed by atoms with van der Waals surface area (Å²) >= 11 is 5.77. The van der Waals surface area contributed by atoms with E-state index in [2.05, 4.69) is 19.4 Å². The molecular weight excluding hydrogens is 156 g/mol. The van der Waals surface area contributed by atoms with Gasteiger partial charge in [-0.05, 0) is 19.4 Å². The molecule has 1 atom stereocenters. The Hall–Kier alpha value is 1.05. The molecule has 0 bridgehead atoms. The third-order valence-corrected chi connectivity index (χ3v) is 6.79. The normalized spacial score (nSPS) is 32.6. The summed E-state index contributed by atoms with van der Waals surface area (Å²) in [6.45, 7) is 3.97. The van der Waals surface area contributed by atoms with E-state index in [9.17, 15) is 0 Å². The Morgan fingerprint density at radius 2 is 1.88 bits per heavy atom. The highest BCUT2D eigenvalue weighted by molar-refractivity contribution is 8.39. The highest BCUT2D eigenvalue weighted by Gasteiger charge is 2.51. The molecule has 0 aromatic carbocycles. The van der Waals surface area contributed by atoms with Crippen molar-refractivity contribution in [2.45, 2.75) is 8.66 Å². The summed E-state index contributed by atoms with van der Waals surface area (Å²) in [5, 5.41) is 0.618. The molecule has 1 aliphatic heterocycles. The van der Waals surface area contributed by atoms with Gasteiger partial charge in [0, 0.05) is 5.25 Å². The first-order valence-electron chi connectivity index (χ1n) is 2.36. The van der Waals surface area contributed by atoms with E-state index in [4.69, 9.17) is 0 Å². The quantitative estimate of drug-likeness (QED) is 0.455. The highest BCUT2D eigenvalue weighted by Crippen LogP contribution is 2.65. The minimum Gasteiger partial charge on any atom is -0.136 e. The molecule has 0 N–H and O–H groups in total. The van der Waals surface area contributed by atoms with Crippen LogP contribution in [-0.2, 0) is 0 Å². The maximum absolute atomic E-state index is 3.97. The predicted octanol–water partition coefficient (Wildman–Crippen LogP) is 2.32. The van der Waals surface area contributed by atoms with Crippen LogP contribution in [0.15, 0.2) is 0 Å². The van der Waals surface area contributed by atoms with Gasteiger partial charge in [-0.2, -0.15) is 0 Å². The van der Waals surface area contributed by atoms with E-state index in [0.717, 1.165) is 0 Å². The van der Waals surface area contributed by atoms with Gasteiger partial charge in [0.05, 0.1) is 0 Å². The highest BCUT2D eigenvalue weighted by atomic mass is 32.3. The van der Waals surface area contributed by atoms with Crippen molar-refractivity contribution in [3.05, 3.63) is 6.92 Å². The van der Waals surface area contributed by atoms with E-state index in [-0.39, 0.29) is 0 Å². The first-order chi connectivity index (χ1) is 3.75. The molecule has 1 saturated heterocycles. The molecule has 3 heteroatoms. The van der Waals surface area contributed by atoms with Gasteiger partial charge in [-0.3, -0.25) is 0 Å². The minimum atomic E-state index is 0.431. The Kier molecular flexibility index (Phi) is 2.10. The van der Waals surface area contributed by atoms with E-state index in [1.54, 1.807) is 0 Å². The second kappa shape index (κ2) is 2.35. The molecule has 1 aliphatic rings. The molecule has 1 heterocycles. The van der Waals surface area contributed by atoms with Crippen LogP contribution in [0.4, 0.5) is 0 Å². The number of hydrogen-bond acceptors (Lipinski definition) is 3. The summed E-state index contributed by atoms with van der Waals surface area (Å²) in [6.07, 6.45) is 4.30. The molecule has 0 saturated carbocycles. The predicted molar refractivity (Wildman–Crippen MR) is 46.5 cm³/mol. The molecule has 0 spiro atoms. The number of hydrogen-bond donors (Lipinski definition) is 0. The van der Waals surface area contributed by atoms with Gasteiger partial charge in [0.2, 0.25) is 0 Å². The van der Waals surface area contributed by atoms with Crippen LogP contribution in [0.25, 0.3) is 0 Å². The zero-order valence-corrected chi connectivity index (χ0v) is 7.46. The molecule has 0 amide bonds. The van der Waals surface area contributed by atoms with Crippen molar-refractivity contribution in [2.75, 3.05) is 12.5 Å². The molecule has 1 fully saturated rings. The molecule has 1 unspecified atom stereocenters. The minimum absolute atomic E-state index is 0.431. The second-order valence-electron chi connectivity index (χ2n) is 1.62. The molecule has 47 valence electrons. The Morgan fingerprint density at radius 3 is 1.88 bits per heavy atom. The molecule has 1 radical (unpaired) electrons.